The molecule has 0 saturated heterocycles. The van der Waals surface area contributed by atoms with Crippen LogP contribution in [0.1, 0.15) is 5.82 Å². The average molecular weight is 172 g/mol. The van der Waals surface area contributed by atoms with Gasteiger partial charge in [-0.25, -0.2) is 4.79 Å². The summed E-state index contributed by atoms with van der Waals surface area (Å²) < 4.78 is 4.66. The van der Waals surface area contributed by atoms with Gasteiger partial charge in [-0.15, -0.1) is 10.2 Å². The standard InChI is InChI=1S/C5H8N4O3/c1-12-3(5(10)11)2-4-6-8-9-7-4/h3H,2H2,1H3,(H,10,11)(H,6,7,8,9). The number of aromatic amines is 1. The lowest BCUT2D eigenvalue weighted by Crippen LogP contribution is -2.25. The summed E-state index contributed by atoms with van der Waals surface area (Å²) in [6.07, 6.45) is -0.801. The van der Waals surface area contributed by atoms with Crippen molar-refractivity contribution in [1.82, 2.24) is 20.6 Å². The Kier molecular flexibility index (Phi) is 2.70. The quantitative estimate of drug-likeness (QED) is 0.594. The zero-order valence-electron chi connectivity index (χ0n) is 6.39. The average Bonchev–Trinajstić information content (AvgIpc) is 2.51. The normalized spacial score (nSPS) is 12.8. The Morgan fingerprint density at radius 3 is 3.00 bits per heavy atom. The van der Waals surface area contributed by atoms with Gasteiger partial charge in [-0.05, 0) is 0 Å². The topological polar surface area (TPSA) is 101 Å². The van der Waals surface area contributed by atoms with Gasteiger partial charge in [0.05, 0.1) is 0 Å². The fourth-order valence-electron chi connectivity index (χ4n) is 0.706. The van der Waals surface area contributed by atoms with E-state index in [4.69, 9.17) is 5.11 Å². The maximum Gasteiger partial charge on any atom is 0.333 e. The number of nitrogens with zero attached hydrogens (tertiary/aromatic N) is 3. The fourth-order valence-corrected chi connectivity index (χ4v) is 0.706. The molecule has 7 heteroatoms. The molecular weight excluding hydrogens is 164 g/mol. The molecule has 0 aliphatic rings. The zero-order chi connectivity index (χ0) is 8.97. The molecule has 0 spiro atoms. The molecule has 12 heavy (non-hydrogen) atoms. The number of carbonyl (C=O) groups is 1. The number of aliphatic carboxylic acids is 1. The predicted octanol–water partition coefficient (Wildman–Crippen LogP) is -1.16. The molecule has 66 valence electrons. The Morgan fingerprint density at radius 2 is 2.58 bits per heavy atom. The van der Waals surface area contributed by atoms with Crippen molar-refractivity contribution in [2.24, 2.45) is 0 Å². The summed E-state index contributed by atoms with van der Waals surface area (Å²) in [7, 11) is 1.32. The smallest absolute Gasteiger partial charge is 0.333 e. The number of methoxy groups -OCH3 is 1. The maximum absolute atomic E-state index is 10.4. The van der Waals surface area contributed by atoms with E-state index in [1.165, 1.54) is 7.11 Å². The number of tetrazole rings is 1. The van der Waals surface area contributed by atoms with E-state index in [0.717, 1.165) is 0 Å². The van der Waals surface area contributed by atoms with E-state index in [2.05, 4.69) is 25.4 Å². The molecule has 1 aromatic rings. The number of hydrogen-bond donors (Lipinski definition) is 2. The summed E-state index contributed by atoms with van der Waals surface area (Å²) in [5.41, 5.74) is 0. The van der Waals surface area contributed by atoms with Crippen LogP contribution in [0.5, 0.6) is 0 Å². The van der Waals surface area contributed by atoms with Gasteiger partial charge in [0.15, 0.2) is 11.9 Å². The Balaban J connectivity index is 2.54. The number of aromatic nitrogens is 4. The monoisotopic (exact) mass is 172 g/mol. The molecular formula is C5H8N4O3. The van der Waals surface area contributed by atoms with Crippen LogP contribution >= 0.6 is 0 Å². The summed E-state index contributed by atoms with van der Waals surface area (Å²) in [4.78, 5) is 10.4. The molecule has 0 saturated carbocycles. The first-order valence-corrected chi connectivity index (χ1v) is 3.22. The van der Waals surface area contributed by atoms with Gasteiger partial charge in [0.25, 0.3) is 0 Å². The second-order valence-electron chi connectivity index (χ2n) is 2.09. The van der Waals surface area contributed by atoms with Gasteiger partial charge in [0, 0.05) is 13.5 Å². The molecule has 0 aliphatic heterocycles. The summed E-state index contributed by atoms with van der Waals surface area (Å²) in [6, 6.07) is 0. The molecule has 0 bridgehead atoms. The van der Waals surface area contributed by atoms with E-state index in [0.29, 0.717) is 5.82 Å². The Labute approximate surface area is 67.7 Å². The van der Waals surface area contributed by atoms with Gasteiger partial charge in [0.1, 0.15) is 0 Å². The second kappa shape index (κ2) is 3.77. The summed E-state index contributed by atoms with van der Waals surface area (Å²) in [5.74, 6) is -0.716. The Bertz CT molecular complexity index is 247. The molecule has 0 fully saturated rings. The largest absolute Gasteiger partial charge is 0.479 e. The number of nitrogens with one attached hydrogen (secondary N) is 1. The van der Waals surface area contributed by atoms with Crippen molar-refractivity contribution >= 4 is 5.97 Å². The third kappa shape index (κ3) is 1.99. The first-order valence-electron chi connectivity index (χ1n) is 3.22. The van der Waals surface area contributed by atoms with Crippen LogP contribution in [0.4, 0.5) is 0 Å². The molecule has 0 aliphatic carbocycles. The number of rotatable bonds is 4. The molecule has 1 heterocycles. The highest BCUT2D eigenvalue weighted by Gasteiger charge is 2.18. The van der Waals surface area contributed by atoms with Crippen molar-refractivity contribution in [2.75, 3.05) is 7.11 Å². The maximum atomic E-state index is 10.4. The van der Waals surface area contributed by atoms with Crippen molar-refractivity contribution in [3.05, 3.63) is 5.82 Å². The van der Waals surface area contributed by atoms with Gasteiger partial charge in [0.2, 0.25) is 0 Å². The van der Waals surface area contributed by atoms with E-state index in [1.54, 1.807) is 0 Å². The third-order valence-corrected chi connectivity index (χ3v) is 1.32. The Hall–Kier alpha value is -1.50. The lowest BCUT2D eigenvalue weighted by Gasteiger charge is -2.05. The minimum absolute atomic E-state index is 0.113. The fraction of sp³-hybridized carbons (Fsp3) is 0.600. The van der Waals surface area contributed by atoms with Crippen molar-refractivity contribution in [1.29, 1.82) is 0 Å². The lowest BCUT2D eigenvalue weighted by molar-refractivity contribution is -0.148. The number of carboxylic acid groups (broad SMARTS) is 1. The number of carboxylic acids is 1. The van der Waals surface area contributed by atoms with Crippen LogP contribution in [0, 0.1) is 0 Å². The minimum atomic E-state index is -1.04. The molecule has 2 N–H and O–H groups in total. The summed E-state index contributed by atoms with van der Waals surface area (Å²) >= 11 is 0. The summed E-state index contributed by atoms with van der Waals surface area (Å²) in [5, 5.41) is 21.3. The second-order valence-corrected chi connectivity index (χ2v) is 2.09. The van der Waals surface area contributed by atoms with E-state index in [9.17, 15) is 4.79 Å². The predicted molar refractivity (Wildman–Crippen MR) is 36.3 cm³/mol. The minimum Gasteiger partial charge on any atom is -0.479 e. The van der Waals surface area contributed by atoms with Crippen LogP contribution in [-0.4, -0.2) is 44.9 Å². The van der Waals surface area contributed by atoms with Crippen molar-refractivity contribution in [3.8, 4) is 0 Å². The van der Waals surface area contributed by atoms with Crippen LogP contribution in [-0.2, 0) is 16.0 Å². The first-order chi connectivity index (χ1) is 5.74. The van der Waals surface area contributed by atoms with Gasteiger partial charge >= 0.3 is 5.97 Å². The zero-order valence-corrected chi connectivity index (χ0v) is 6.39. The molecule has 1 aromatic heterocycles. The van der Waals surface area contributed by atoms with Gasteiger partial charge in [-0.1, -0.05) is 5.21 Å². The van der Waals surface area contributed by atoms with Crippen LogP contribution < -0.4 is 0 Å². The van der Waals surface area contributed by atoms with E-state index < -0.39 is 12.1 Å². The third-order valence-electron chi connectivity index (χ3n) is 1.32. The highest BCUT2D eigenvalue weighted by molar-refractivity contribution is 5.72. The lowest BCUT2D eigenvalue weighted by atomic mass is 10.2. The van der Waals surface area contributed by atoms with E-state index in [1.807, 2.05) is 0 Å². The van der Waals surface area contributed by atoms with Crippen molar-refractivity contribution in [2.45, 2.75) is 12.5 Å². The van der Waals surface area contributed by atoms with Crippen molar-refractivity contribution < 1.29 is 14.6 Å². The SMILES string of the molecule is COC(Cc1nn[nH]n1)C(=O)O. The van der Waals surface area contributed by atoms with Gasteiger partial charge in [-0.3, -0.25) is 0 Å². The van der Waals surface area contributed by atoms with Crippen LogP contribution in [0.2, 0.25) is 0 Å². The molecule has 1 rings (SSSR count). The van der Waals surface area contributed by atoms with Crippen molar-refractivity contribution in [3.63, 3.8) is 0 Å². The number of hydrogen-bond acceptors (Lipinski definition) is 5. The molecule has 0 aromatic carbocycles. The van der Waals surface area contributed by atoms with Gasteiger partial charge < -0.3 is 9.84 Å². The first kappa shape index (κ1) is 8.60. The molecule has 1 atom stereocenters. The Morgan fingerprint density at radius 1 is 1.83 bits per heavy atom. The van der Waals surface area contributed by atoms with Crippen LogP contribution in [0.3, 0.4) is 0 Å². The van der Waals surface area contributed by atoms with Crippen LogP contribution in [0.15, 0.2) is 0 Å². The highest BCUT2D eigenvalue weighted by Crippen LogP contribution is 1.97. The molecule has 0 radical (unpaired) electrons. The number of ether oxygens (including phenoxy) is 1. The molecule has 7 nitrogen and oxygen atoms in total. The van der Waals surface area contributed by atoms with E-state index >= 15 is 0 Å². The van der Waals surface area contributed by atoms with E-state index in [-0.39, 0.29) is 6.42 Å². The van der Waals surface area contributed by atoms with Gasteiger partial charge in [-0.2, -0.15) is 5.21 Å². The number of H-pyrrole nitrogens is 1. The molecule has 0 amide bonds. The molecule has 1 unspecified atom stereocenters. The highest BCUT2D eigenvalue weighted by atomic mass is 16.5. The van der Waals surface area contributed by atoms with Crippen LogP contribution in [0.25, 0.3) is 0 Å². The summed E-state index contributed by atoms with van der Waals surface area (Å²) in [6.45, 7) is 0.